The summed E-state index contributed by atoms with van der Waals surface area (Å²) in [6, 6.07) is 38.4. The Morgan fingerprint density at radius 2 is 1.03 bits per heavy atom. The van der Waals surface area contributed by atoms with Crippen LogP contribution in [0.2, 0.25) is 0 Å². The summed E-state index contributed by atoms with van der Waals surface area (Å²) in [6.45, 7) is 2.12. The van der Waals surface area contributed by atoms with Crippen LogP contribution in [-0.2, 0) is 0 Å². The molecule has 0 radical (unpaired) electrons. The van der Waals surface area contributed by atoms with Crippen LogP contribution in [-0.4, -0.2) is 0 Å². The minimum Gasteiger partial charge on any atom is -0.374 e. The van der Waals surface area contributed by atoms with Gasteiger partial charge in [-0.2, -0.15) is 0 Å². The van der Waals surface area contributed by atoms with Gasteiger partial charge in [0.1, 0.15) is 0 Å². The summed E-state index contributed by atoms with van der Waals surface area (Å²) in [5.41, 5.74) is 7.29. The number of anilines is 1. The van der Waals surface area contributed by atoms with Crippen LogP contribution in [0.3, 0.4) is 0 Å². The lowest BCUT2D eigenvalue weighted by molar-refractivity contribution is 0.938. The van der Waals surface area contributed by atoms with E-state index in [1.807, 2.05) is 12.1 Å². The molecule has 4 aromatic carbocycles. The molecule has 0 amide bonds. The average Bonchev–Trinajstić information content (AvgIpc) is 2.79. The molecule has 0 saturated heterocycles. The van der Waals surface area contributed by atoms with Gasteiger partial charge in [-0.05, 0) is 41.3 Å². The van der Waals surface area contributed by atoms with Crippen LogP contribution in [0.5, 0.6) is 0 Å². The highest BCUT2D eigenvalue weighted by Gasteiger charge is 2.14. The fourth-order valence-electron chi connectivity index (χ4n) is 3.38. The van der Waals surface area contributed by atoms with E-state index in [0.29, 0.717) is 0 Å². The number of para-hydroxylation sites is 1. The zero-order valence-corrected chi connectivity index (χ0v) is 16.6. The van der Waals surface area contributed by atoms with Crippen LogP contribution >= 0.6 is 0 Å². The fourth-order valence-corrected chi connectivity index (χ4v) is 3.38. The molecule has 0 aliphatic carbocycles. The first-order valence-electron chi connectivity index (χ1n) is 9.99. The third-order valence-electron chi connectivity index (χ3n) is 5.03. The molecule has 1 unspecified atom stereocenters. The molecule has 0 aliphatic rings. The van der Waals surface area contributed by atoms with E-state index in [-0.39, 0.29) is 6.04 Å². The van der Waals surface area contributed by atoms with Crippen LogP contribution < -0.4 is 5.32 Å². The summed E-state index contributed by atoms with van der Waals surface area (Å²) in [5, 5.41) is 3.69. The zero-order chi connectivity index (χ0) is 19.9. The van der Waals surface area contributed by atoms with Crippen LogP contribution in [0.15, 0.2) is 109 Å². The first kappa shape index (κ1) is 18.8. The van der Waals surface area contributed by atoms with Crippen molar-refractivity contribution in [3.05, 3.63) is 137 Å². The highest BCUT2D eigenvalue weighted by Crippen LogP contribution is 2.27. The Labute approximate surface area is 173 Å². The molecular formula is C28H25N. The Balaban J connectivity index is 1.60. The number of rotatable bonds is 6. The van der Waals surface area contributed by atoms with Crippen molar-refractivity contribution in [1.29, 1.82) is 0 Å². The van der Waals surface area contributed by atoms with Gasteiger partial charge >= 0.3 is 0 Å². The molecule has 0 aliphatic heterocycles. The molecule has 1 atom stereocenters. The molecule has 4 rings (SSSR count). The summed E-state index contributed by atoms with van der Waals surface area (Å²) in [4.78, 5) is 0. The zero-order valence-electron chi connectivity index (χ0n) is 16.6. The molecule has 142 valence electrons. The van der Waals surface area contributed by atoms with Gasteiger partial charge < -0.3 is 5.32 Å². The van der Waals surface area contributed by atoms with Gasteiger partial charge in [-0.25, -0.2) is 0 Å². The second kappa shape index (κ2) is 9.07. The first-order chi connectivity index (χ1) is 14.3. The molecule has 0 aromatic heterocycles. The number of aryl methyl sites for hydroxylation is 1. The average molecular weight is 376 g/mol. The van der Waals surface area contributed by atoms with Crippen LogP contribution in [0, 0.1) is 6.92 Å². The number of nitrogens with one attached hydrogen (secondary N) is 1. The minimum atomic E-state index is 0.102. The van der Waals surface area contributed by atoms with Crippen molar-refractivity contribution in [2.24, 2.45) is 0 Å². The standard InChI is InChI=1S/C28H25N/c1-22-12-18-25(19-13-22)28(29-27-10-6-3-7-11-27)26-20-16-24(17-21-26)15-14-23-8-4-2-5-9-23/h2-21,28-29H,1H3. The maximum atomic E-state index is 3.69. The van der Waals surface area contributed by atoms with E-state index >= 15 is 0 Å². The molecule has 1 N–H and O–H groups in total. The van der Waals surface area contributed by atoms with Crippen molar-refractivity contribution in [1.82, 2.24) is 0 Å². The van der Waals surface area contributed by atoms with Crippen LogP contribution in [0.25, 0.3) is 12.2 Å². The molecule has 29 heavy (non-hydrogen) atoms. The lowest BCUT2D eigenvalue weighted by Crippen LogP contribution is -2.12. The smallest absolute Gasteiger partial charge is 0.0767 e. The van der Waals surface area contributed by atoms with Crippen molar-refractivity contribution >= 4 is 17.8 Å². The maximum absolute atomic E-state index is 3.69. The van der Waals surface area contributed by atoms with Crippen molar-refractivity contribution in [3.63, 3.8) is 0 Å². The van der Waals surface area contributed by atoms with Gasteiger partial charge in [0.15, 0.2) is 0 Å². The quantitative estimate of drug-likeness (QED) is 0.347. The topological polar surface area (TPSA) is 12.0 Å². The summed E-state index contributed by atoms with van der Waals surface area (Å²) in [6.07, 6.45) is 4.30. The predicted molar refractivity (Wildman–Crippen MR) is 125 cm³/mol. The van der Waals surface area contributed by atoms with E-state index in [1.165, 1.54) is 27.8 Å². The number of hydrogen-bond acceptors (Lipinski definition) is 1. The SMILES string of the molecule is Cc1ccc(C(Nc2ccccc2)c2ccc(C=Cc3ccccc3)cc2)cc1. The lowest BCUT2D eigenvalue weighted by Gasteiger charge is -2.21. The molecule has 1 nitrogen and oxygen atoms in total. The molecule has 0 saturated carbocycles. The van der Waals surface area contributed by atoms with Gasteiger partial charge in [0.25, 0.3) is 0 Å². The second-order valence-corrected chi connectivity index (χ2v) is 7.26. The minimum absolute atomic E-state index is 0.102. The summed E-state index contributed by atoms with van der Waals surface area (Å²) >= 11 is 0. The fraction of sp³-hybridized carbons (Fsp3) is 0.0714. The molecule has 0 bridgehead atoms. The highest BCUT2D eigenvalue weighted by molar-refractivity contribution is 5.69. The molecule has 0 fully saturated rings. The lowest BCUT2D eigenvalue weighted by atomic mass is 9.96. The van der Waals surface area contributed by atoms with Gasteiger partial charge in [-0.15, -0.1) is 0 Å². The molecular weight excluding hydrogens is 350 g/mol. The van der Waals surface area contributed by atoms with E-state index < -0.39 is 0 Å². The van der Waals surface area contributed by atoms with Crippen molar-refractivity contribution in [2.75, 3.05) is 5.32 Å². The molecule has 0 spiro atoms. The maximum Gasteiger partial charge on any atom is 0.0767 e. The van der Waals surface area contributed by atoms with E-state index in [2.05, 4.69) is 121 Å². The third kappa shape index (κ3) is 5.03. The number of hydrogen-bond donors (Lipinski definition) is 1. The Morgan fingerprint density at radius 3 is 1.62 bits per heavy atom. The summed E-state index contributed by atoms with van der Waals surface area (Å²) in [7, 11) is 0. The molecule has 4 aromatic rings. The van der Waals surface area contributed by atoms with E-state index in [4.69, 9.17) is 0 Å². The Morgan fingerprint density at radius 1 is 0.552 bits per heavy atom. The summed E-state index contributed by atoms with van der Waals surface area (Å²) in [5.74, 6) is 0. The second-order valence-electron chi connectivity index (χ2n) is 7.26. The molecule has 0 heterocycles. The van der Waals surface area contributed by atoms with Gasteiger partial charge in [-0.3, -0.25) is 0 Å². The van der Waals surface area contributed by atoms with Crippen LogP contribution in [0.4, 0.5) is 5.69 Å². The van der Waals surface area contributed by atoms with Gasteiger partial charge in [0, 0.05) is 5.69 Å². The predicted octanol–water partition coefficient (Wildman–Crippen LogP) is 7.37. The van der Waals surface area contributed by atoms with Crippen molar-refractivity contribution < 1.29 is 0 Å². The monoisotopic (exact) mass is 375 g/mol. The third-order valence-corrected chi connectivity index (χ3v) is 5.03. The highest BCUT2D eigenvalue weighted by atomic mass is 14.9. The number of benzene rings is 4. The van der Waals surface area contributed by atoms with Crippen molar-refractivity contribution in [3.8, 4) is 0 Å². The van der Waals surface area contributed by atoms with Crippen molar-refractivity contribution in [2.45, 2.75) is 13.0 Å². The Bertz CT molecular complexity index is 1050. The van der Waals surface area contributed by atoms with E-state index in [1.54, 1.807) is 0 Å². The van der Waals surface area contributed by atoms with E-state index in [0.717, 1.165) is 5.69 Å². The summed E-state index contributed by atoms with van der Waals surface area (Å²) < 4.78 is 0. The Hall–Kier alpha value is -3.58. The first-order valence-corrected chi connectivity index (χ1v) is 9.99. The van der Waals surface area contributed by atoms with Crippen LogP contribution in [0.1, 0.15) is 33.9 Å². The molecule has 1 heteroatoms. The normalized spacial score (nSPS) is 12.0. The van der Waals surface area contributed by atoms with Gasteiger partial charge in [0.2, 0.25) is 0 Å². The van der Waals surface area contributed by atoms with Gasteiger partial charge in [-0.1, -0.05) is 115 Å². The largest absolute Gasteiger partial charge is 0.374 e. The van der Waals surface area contributed by atoms with Gasteiger partial charge in [0.05, 0.1) is 6.04 Å². The van der Waals surface area contributed by atoms with E-state index in [9.17, 15) is 0 Å². The Kier molecular flexibility index (Phi) is 5.87.